The Morgan fingerprint density at radius 3 is 2.68 bits per heavy atom. The van der Waals surface area contributed by atoms with E-state index in [-0.39, 0.29) is 0 Å². The van der Waals surface area contributed by atoms with Crippen LogP contribution in [0.4, 0.5) is 0 Å². The summed E-state index contributed by atoms with van der Waals surface area (Å²) in [5.41, 5.74) is 1.63. The van der Waals surface area contributed by atoms with Crippen LogP contribution in [0, 0.1) is 17.3 Å². The van der Waals surface area contributed by atoms with Gasteiger partial charge in [0, 0.05) is 6.61 Å². The van der Waals surface area contributed by atoms with E-state index in [1.54, 1.807) is 0 Å². The van der Waals surface area contributed by atoms with Crippen molar-refractivity contribution in [3.63, 3.8) is 0 Å². The molecule has 2 aromatic carbocycles. The minimum Gasteiger partial charge on any atom is -0.396 e. The molecule has 1 N–H and O–H groups in total. The summed E-state index contributed by atoms with van der Waals surface area (Å²) in [6.45, 7) is 4.94. The molecule has 3 rings (SSSR count). The normalized spacial score (nSPS) is 24.9. The van der Waals surface area contributed by atoms with E-state index in [4.69, 9.17) is 0 Å². The van der Waals surface area contributed by atoms with E-state index in [2.05, 4.69) is 68.5 Å². The van der Waals surface area contributed by atoms with Gasteiger partial charge < -0.3 is 5.11 Å². The number of aliphatic hydroxyl groups excluding tert-OH is 1. The van der Waals surface area contributed by atoms with E-state index >= 15 is 0 Å². The summed E-state index contributed by atoms with van der Waals surface area (Å²) < 4.78 is 0. The van der Waals surface area contributed by atoms with Crippen molar-refractivity contribution in [2.45, 2.75) is 33.1 Å². The third kappa shape index (κ3) is 3.41. The fourth-order valence-corrected chi connectivity index (χ4v) is 3.76. The number of allylic oxidation sites excluding steroid dienone is 1. The van der Waals surface area contributed by atoms with E-state index in [0.717, 1.165) is 6.42 Å². The zero-order valence-electron chi connectivity index (χ0n) is 13.6. The molecule has 1 aliphatic rings. The van der Waals surface area contributed by atoms with Gasteiger partial charge in [-0.05, 0) is 58.9 Å². The average Bonchev–Trinajstić information content (AvgIpc) is 2.53. The lowest BCUT2D eigenvalue weighted by atomic mass is 9.67. The number of hydrogen-bond donors (Lipinski definition) is 1. The fraction of sp³-hybridized carbons (Fsp3) is 0.429. The van der Waals surface area contributed by atoms with Crippen LogP contribution in [0.25, 0.3) is 16.8 Å². The second-order valence-electron chi connectivity index (χ2n) is 7.48. The molecule has 0 spiro atoms. The summed E-state index contributed by atoms with van der Waals surface area (Å²) in [6, 6.07) is 15.1. The Balaban J connectivity index is 1.77. The Hall–Kier alpha value is -1.60. The molecular formula is C21H26O. The van der Waals surface area contributed by atoms with Crippen molar-refractivity contribution in [2.24, 2.45) is 17.3 Å². The van der Waals surface area contributed by atoms with Crippen LogP contribution in [-0.4, -0.2) is 11.7 Å². The number of rotatable bonds is 3. The Kier molecular flexibility index (Phi) is 4.35. The third-order valence-corrected chi connectivity index (χ3v) is 5.12. The first kappa shape index (κ1) is 15.3. The van der Waals surface area contributed by atoms with Gasteiger partial charge in [0.25, 0.3) is 0 Å². The topological polar surface area (TPSA) is 20.2 Å². The standard InChI is InChI=1S/C21H26O/c1-21(2)12-11-18(20(14-21)15-22)10-8-16-7-9-17-5-3-4-6-19(17)13-16/h3-10,13,18,20,22H,11-12,14-15H2,1-2H3. The lowest BCUT2D eigenvalue weighted by Crippen LogP contribution is -2.31. The maximum atomic E-state index is 9.70. The zero-order valence-corrected chi connectivity index (χ0v) is 13.6. The van der Waals surface area contributed by atoms with Gasteiger partial charge in [0.1, 0.15) is 0 Å². The highest BCUT2D eigenvalue weighted by Crippen LogP contribution is 2.42. The predicted octanol–water partition coefficient (Wildman–Crippen LogP) is 5.29. The molecule has 1 aliphatic carbocycles. The molecule has 1 heteroatoms. The van der Waals surface area contributed by atoms with E-state index in [9.17, 15) is 5.11 Å². The first-order valence-electron chi connectivity index (χ1n) is 8.35. The zero-order chi connectivity index (χ0) is 15.6. The summed E-state index contributed by atoms with van der Waals surface area (Å²) >= 11 is 0. The molecule has 0 radical (unpaired) electrons. The second kappa shape index (κ2) is 6.26. The van der Waals surface area contributed by atoms with Crippen LogP contribution in [0.5, 0.6) is 0 Å². The molecule has 0 aliphatic heterocycles. The molecule has 22 heavy (non-hydrogen) atoms. The van der Waals surface area contributed by atoms with Gasteiger partial charge >= 0.3 is 0 Å². The Morgan fingerprint density at radius 2 is 1.91 bits per heavy atom. The molecule has 2 unspecified atom stereocenters. The van der Waals surface area contributed by atoms with Gasteiger partial charge in [-0.25, -0.2) is 0 Å². The van der Waals surface area contributed by atoms with Crippen molar-refractivity contribution in [1.29, 1.82) is 0 Å². The first-order valence-corrected chi connectivity index (χ1v) is 8.35. The Morgan fingerprint density at radius 1 is 1.14 bits per heavy atom. The fourth-order valence-electron chi connectivity index (χ4n) is 3.76. The van der Waals surface area contributed by atoms with Crippen molar-refractivity contribution in [3.05, 3.63) is 54.1 Å². The highest BCUT2D eigenvalue weighted by atomic mass is 16.3. The molecule has 0 amide bonds. The highest BCUT2D eigenvalue weighted by Gasteiger charge is 2.33. The van der Waals surface area contributed by atoms with Crippen LogP contribution in [0.15, 0.2) is 48.5 Å². The van der Waals surface area contributed by atoms with Crippen LogP contribution in [0.2, 0.25) is 0 Å². The van der Waals surface area contributed by atoms with Gasteiger partial charge in [-0.1, -0.05) is 62.4 Å². The molecule has 1 fully saturated rings. The average molecular weight is 294 g/mol. The molecular weight excluding hydrogens is 268 g/mol. The highest BCUT2D eigenvalue weighted by molar-refractivity contribution is 5.84. The van der Waals surface area contributed by atoms with Gasteiger partial charge in [0.2, 0.25) is 0 Å². The predicted molar refractivity (Wildman–Crippen MR) is 94.7 cm³/mol. The molecule has 0 heterocycles. The summed E-state index contributed by atoms with van der Waals surface area (Å²) in [7, 11) is 0. The molecule has 1 saturated carbocycles. The van der Waals surface area contributed by atoms with Crippen LogP contribution in [-0.2, 0) is 0 Å². The molecule has 2 atom stereocenters. The Labute approximate surface area is 133 Å². The molecule has 1 nitrogen and oxygen atoms in total. The largest absolute Gasteiger partial charge is 0.396 e. The van der Waals surface area contributed by atoms with Crippen molar-refractivity contribution in [1.82, 2.24) is 0 Å². The van der Waals surface area contributed by atoms with Crippen LogP contribution >= 0.6 is 0 Å². The maximum absolute atomic E-state index is 9.70. The van der Waals surface area contributed by atoms with Crippen molar-refractivity contribution >= 4 is 16.8 Å². The van der Waals surface area contributed by atoms with E-state index in [1.807, 2.05) is 0 Å². The minimum atomic E-state index is 0.302. The molecule has 0 saturated heterocycles. The summed E-state index contributed by atoms with van der Waals surface area (Å²) in [6.07, 6.45) is 8.10. The van der Waals surface area contributed by atoms with Gasteiger partial charge in [-0.15, -0.1) is 0 Å². The number of benzene rings is 2. The van der Waals surface area contributed by atoms with Crippen LogP contribution < -0.4 is 0 Å². The second-order valence-corrected chi connectivity index (χ2v) is 7.48. The molecule has 0 aromatic heterocycles. The first-order chi connectivity index (χ1) is 10.6. The van der Waals surface area contributed by atoms with Crippen molar-refractivity contribution < 1.29 is 5.11 Å². The lowest BCUT2D eigenvalue weighted by Gasteiger charge is -2.39. The van der Waals surface area contributed by atoms with Gasteiger partial charge in [-0.3, -0.25) is 0 Å². The van der Waals surface area contributed by atoms with Crippen LogP contribution in [0.1, 0.15) is 38.7 Å². The number of hydrogen-bond acceptors (Lipinski definition) is 1. The number of fused-ring (bicyclic) bond motifs is 1. The smallest absolute Gasteiger partial charge is 0.0465 e. The third-order valence-electron chi connectivity index (χ3n) is 5.12. The lowest BCUT2D eigenvalue weighted by molar-refractivity contribution is 0.0881. The van der Waals surface area contributed by atoms with Crippen molar-refractivity contribution in [2.75, 3.05) is 6.61 Å². The SMILES string of the molecule is CC1(C)CCC(C=Cc2ccc3ccccc3c2)C(CO)C1. The van der Waals surface area contributed by atoms with E-state index in [1.165, 1.54) is 29.2 Å². The molecule has 0 bridgehead atoms. The molecule has 2 aromatic rings. The van der Waals surface area contributed by atoms with Gasteiger partial charge in [0.05, 0.1) is 0 Å². The summed E-state index contributed by atoms with van der Waals surface area (Å²) in [5, 5.41) is 12.3. The quantitative estimate of drug-likeness (QED) is 0.815. The van der Waals surface area contributed by atoms with Crippen LogP contribution in [0.3, 0.4) is 0 Å². The van der Waals surface area contributed by atoms with Crippen molar-refractivity contribution in [3.8, 4) is 0 Å². The maximum Gasteiger partial charge on any atom is 0.0465 e. The summed E-state index contributed by atoms with van der Waals surface area (Å²) in [4.78, 5) is 0. The van der Waals surface area contributed by atoms with Gasteiger partial charge in [0.15, 0.2) is 0 Å². The van der Waals surface area contributed by atoms with E-state index < -0.39 is 0 Å². The van der Waals surface area contributed by atoms with Gasteiger partial charge in [-0.2, -0.15) is 0 Å². The Bertz CT molecular complexity index is 668. The summed E-state index contributed by atoms with van der Waals surface area (Å²) in [5.74, 6) is 0.907. The van der Waals surface area contributed by atoms with E-state index in [0.29, 0.717) is 23.9 Å². The number of aliphatic hydroxyl groups is 1. The molecule has 116 valence electrons. The monoisotopic (exact) mass is 294 g/mol. The minimum absolute atomic E-state index is 0.302.